The van der Waals surface area contributed by atoms with Crippen molar-refractivity contribution in [1.29, 1.82) is 0 Å². The van der Waals surface area contributed by atoms with E-state index >= 15 is 0 Å². The second-order valence-electron chi connectivity index (χ2n) is 11.7. The Morgan fingerprint density at radius 2 is 1.72 bits per heavy atom. The van der Waals surface area contributed by atoms with E-state index in [1.54, 1.807) is 47.4 Å². The van der Waals surface area contributed by atoms with Crippen molar-refractivity contribution in [3.63, 3.8) is 0 Å². The molecule has 0 saturated heterocycles. The van der Waals surface area contributed by atoms with Crippen molar-refractivity contribution in [1.82, 2.24) is 14.8 Å². The van der Waals surface area contributed by atoms with Crippen LogP contribution < -0.4 is 11.3 Å². The molecule has 10 nitrogen and oxygen atoms in total. The third-order valence-corrected chi connectivity index (χ3v) is 10.3. The van der Waals surface area contributed by atoms with E-state index in [1.807, 2.05) is 24.3 Å². The van der Waals surface area contributed by atoms with E-state index < -0.39 is 40.9 Å². The smallest absolute Gasteiger partial charge is 0.305 e. The van der Waals surface area contributed by atoms with Crippen LogP contribution in [0.3, 0.4) is 0 Å². The molecule has 13 heteroatoms. The van der Waals surface area contributed by atoms with E-state index in [9.17, 15) is 18.6 Å². The summed E-state index contributed by atoms with van der Waals surface area (Å²) in [4.78, 5) is 47.6. The lowest BCUT2D eigenvalue weighted by Gasteiger charge is -2.50. The number of hydrogen-bond acceptors (Lipinski definition) is 7. The number of carbonyl (C=O) groups excluding carboxylic acids is 3. The number of hydrogen-bond donors (Lipinski definition) is 2. The quantitative estimate of drug-likeness (QED) is 0.155. The van der Waals surface area contributed by atoms with Gasteiger partial charge in [0.1, 0.15) is 11.0 Å². The number of hydroxylamine groups is 1. The molecule has 1 aliphatic heterocycles. The Morgan fingerprint density at radius 1 is 1.02 bits per heavy atom. The number of fused-ring (bicyclic) bond motifs is 1. The molecule has 2 aliphatic rings. The molecule has 0 spiro atoms. The largest absolute Gasteiger partial charge is 0.469 e. The number of nitrogens with zero attached hydrogens (tertiary/aromatic N) is 2. The Hall–Kier alpha value is -3.32. The molecule has 1 heterocycles. The van der Waals surface area contributed by atoms with Crippen molar-refractivity contribution >= 4 is 52.0 Å². The highest BCUT2D eigenvalue weighted by atomic mass is 35.5. The average Bonchev–Trinajstić information content (AvgIpc) is 3.07. The minimum Gasteiger partial charge on any atom is -0.469 e. The van der Waals surface area contributed by atoms with Gasteiger partial charge in [0, 0.05) is 28.3 Å². The first-order valence-corrected chi connectivity index (χ1v) is 17.7. The molecule has 3 aromatic rings. The van der Waals surface area contributed by atoms with Crippen LogP contribution in [0.2, 0.25) is 10.0 Å². The number of ether oxygens (including phenoxy) is 1. The summed E-state index contributed by atoms with van der Waals surface area (Å²) in [7, 11) is -0.127. The first-order chi connectivity index (χ1) is 22.6. The number of methoxy groups -OCH3 is 1. The maximum absolute atomic E-state index is 14.4. The predicted molar refractivity (Wildman–Crippen MR) is 180 cm³/mol. The van der Waals surface area contributed by atoms with E-state index in [-0.39, 0.29) is 24.9 Å². The van der Waals surface area contributed by atoms with E-state index in [2.05, 4.69) is 5.48 Å². The number of benzene rings is 3. The molecule has 250 valence electrons. The van der Waals surface area contributed by atoms with Crippen LogP contribution in [0.5, 0.6) is 0 Å². The SMILES string of the molecule is COC(=O)CCc1ccc(CONC(=O)C2c3ccccc3C(=O)N(C3CCCC[C@@H]3N(N)S(C)=O)[C@H]2c2ccc(Cl)cc2Cl)cc1. The number of esters is 1. The Kier molecular flexibility index (Phi) is 11.7. The van der Waals surface area contributed by atoms with Crippen molar-refractivity contribution in [2.75, 3.05) is 13.4 Å². The number of nitrogens with two attached hydrogens (primary N) is 1. The van der Waals surface area contributed by atoms with E-state index in [4.69, 9.17) is 38.6 Å². The van der Waals surface area contributed by atoms with Gasteiger partial charge in [-0.2, -0.15) is 4.41 Å². The second kappa shape index (κ2) is 15.7. The number of nitrogens with one attached hydrogen (secondary N) is 1. The number of amides is 2. The van der Waals surface area contributed by atoms with Crippen molar-refractivity contribution in [2.24, 2.45) is 5.84 Å². The fraction of sp³-hybridized carbons (Fsp3) is 0.382. The molecule has 1 fully saturated rings. The summed E-state index contributed by atoms with van der Waals surface area (Å²) in [6.45, 7) is 0.0849. The van der Waals surface area contributed by atoms with Crippen LogP contribution in [-0.2, 0) is 43.2 Å². The van der Waals surface area contributed by atoms with Gasteiger partial charge in [-0.25, -0.2) is 9.69 Å². The molecular formula is C34H38Cl2N4O6S. The summed E-state index contributed by atoms with van der Waals surface area (Å²) in [6, 6.07) is 17.9. The molecule has 3 N–H and O–H groups in total. The number of halogens is 2. The maximum Gasteiger partial charge on any atom is 0.305 e. The average molecular weight is 702 g/mol. The zero-order valence-corrected chi connectivity index (χ0v) is 28.5. The van der Waals surface area contributed by atoms with Crippen LogP contribution >= 0.6 is 23.2 Å². The first kappa shape index (κ1) is 35.0. The van der Waals surface area contributed by atoms with Crippen LogP contribution in [0, 0.1) is 0 Å². The predicted octanol–water partition coefficient (Wildman–Crippen LogP) is 5.41. The molecule has 0 aromatic heterocycles. The molecule has 1 saturated carbocycles. The maximum atomic E-state index is 14.4. The van der Waals surface area contributed by atoms with Crippen molar-refractivity contribution in [3.8, 4) is 0 Å². The zero-order chi connectivity index (χ0) is 33.7. The lowest BCUT2D eigenvalue weighted by molar-refractivity contribution is -0.140. The number of carbonyl (C=O) groups is 3. The molecule has 47 heavy (non-hydrogen) atoms. The van der Waals surface area contributed by atoms with Crippen LogP contribution in [0.4, 0.5) is 0 Å². The highest BCUT2D eigenvalue weighted by Crippen LogP contribution is 2.48. The third kappa shape index (κ3) is 7.88. The van der Waals surface area contributed by atoms with Gasteiger partial charge in [-0.05, 0) is 59.7 Å². The van der Waals surface area contributed by atoms with Gasteiger partial charge in [-0.3, -0.25) is 25.1 Å². The standard InChI is InChI=1S/C34H38Cl2N4O6S/c1-45-30(41)18-15-21-11-13-22(14-12-21)20-46-38-33(42)31-24-7-3-4-8-25(24)34(43)39(32(31)26-17-16-23(35)19-27(26)36)28-9-5-6-10-29(28)40(37)47(2)44/h3-4,7-8,11-14,16-17,19,28-29,31-32H,5-6,9-10,15,18,20,37H2,1-2H3,(H,38,42)/t28?,29-,31?,32-,47?/m0/s1. The number of hydrazine groups is 1. The summed E-state index contributed by atoms with van der Waals surface area (Å²) < 4.78 is 18.6. The number of rotatable bonds is 11. The molecular weight excluding hydrogens is 663 g/mol. The lowest BCUT2D eigenvalue weighted by atomic mass is 9.76. The summed E-state index contributed by atoms with van der Waals surface area (Å²) in [5.74, 6) is 4.44. The van der Waals surface area contributed by atoms with Gasteiger partial charge >= 0.3 is 5.97 Å². The van der Waals surface area contributed by atoms with Gasteiger partial charge < -0.3 is 9.64 Å². The molecule has 1 aliphatic carbocycles. The molecule has 0 bridgehead atoms. The Bertz CT molecular complexity index is 1640. The fourth-order valence-electron chi connectivity index (χ4n) is 6.58. The summed E-state index contributed by atoms with van der Waals surface area (Å²) in [6.07, 6.45) is 5.27. The Labute approximate surface area is 287 Å². The molecule has 5 atom stereocenters. The van der Waals surface area contributed by atoms with E-state index in [0.29, 0.717) is 46.0 Å². The summed E-state index contributed by atoms with van der Waals surface area (Å²) in [5, 5.41) is 0.722. The van der Waals surface area contributed by atoms with Crippen LogP contribution in [-0.4, -0.2) is 56.8 Å². The van der Waals surface area contributed by atoms with Gasteiger partial charge in [0.25, 0.3) is 11.8 Å². The highest BCUT2D eigenvalue weighted by molar-refractivity contribution is 7.81. The van der Waals surface area contributed by atoms with Crippen molar-refractivity contribution in [3.05, 3.63) is 105 Å². The molecule has 5 rings (SSSR count). The Balaban J connectivity index is 1.47. The first-order valence-electron chi connectivity index (χ1n) is 15.4. The summed E-state index contributed by atoms with van der Waals surface area (Å²) in [5.41, 5.74) is 5.89. The fourth-order valence-corrected chi connectivity index (χ4v) is 7.73. The number of aryl methyl sites for hydroxylation is 1. The van der Waals surface area contributed by atoms with Gasteiger partial charge in [-0.15, -0.1) is 0 Å². The third-order valence-electron chi connectivity index (χ3n) is 8.89. The summed E-state index contributed by atoms with van der Waals surface area (Å²) >= 11 is 13.1. The minimum atomic E-state index is -1.49. The minimum absolute atomic E-state index is 0.0849. The highest BCUT2D eigenvalue weighted by Gasteiger charge is 2.50. The van der Waals surface area contributed by atoms with Gasteiger partial charge in [0.15, 0.2) is 0 Å². The molecule has 3 unspecified atom stereocenters. The van der Waals surface area contributed by atoms with E-state index in [0.717, 1.165) is 24.0 Å². The Morgan fingerprint density at radius 3 is 2.43 bits per heavy atom. The van der Waals surface area contributed by atoms with Gasteiger partial charge in [-0.1, -0.05) is 84.6 Å². The topological polar surface area (TPSA) is 131 Å². The van der Waals surface area contributed by atoms with Crippen LogP contribution in [0.15, 0.2) is 66.7 Å². The monoisotopic (exact) mass is 700 g/mol. The van der Waals surface area contributed by atoms with Crippen molar-refractivity contribution in [2.45, 2.75) is 69.2 Å². The van der Waals surface area contributed by atoms with Crippen molar-refractivity contribution < 1.29 is 28.2 Å². The van der Waals surface area contributed by atoms with Crippen LogP contribution in [0.25, 0.3) is 0 Å². The van der Waals surface area contributed by atoms with E-state index in [1.165, 1.54) is 17.8 Å². The van der Waals surface area contributed by atoms with Gasteiger partial charge in [0.2, 0.25) is 0 Å². The van der Waals surface area contributed by atoms with Crippen LogP contribution in [0.1, 0.15) is 76.7 Å². The molecule has 0 radical (unpaired) electrons. The second-order valence-corrected chi connectivity index (χ2v) is 13.9. The normalized spacial score (nSPS) is 21.7. The molecule has 2 amide bonds. The lowest BCUT2D eigenvalue weighted by Crippen LogP contribution is -2.60. The zero-order valence-electron chi connectivity index (χ0n) is 26.2. The van der Waals surface area contributed by atoms with Gasteiger partial charge in [0.05, 0.1) is 37.8 Å². The molecule has 3 aromatic carbocycles.